The number of hydrogen-bond donors (Lipinski definition) is 5. The van der Waals surface area contributed by atoms with Crippen LogP contribution in [-0.2, 0) is 27.2 Å². The van der Waals surface area contributed by atoms with E-state index in [4.69, 9.17) is 0 Å². The van der Waals surface area contributed by atoms with Gasteiger partial charge < -0.3 is 26.2 Å². The van der Waals surface area contributed by atoms with E-state index in [2.05, 4.69) is 27.0 Å². The van der Waals surface area contributed by atoms with Gasteiger partial charge >= 0.3 is 5.97 Å². The minimum Gasteiger partial charge on any atom is -0.480 e. The van der Waals surface area contributed by atoms with Crippen LogP contribution in [0.2, 0.25) is 0 Å². The highest BCUT2D eigenvalue weighted by Gasteiger charge is 2.45. The molecule has 1 aromatic rings. The molecule has 1 aliphatic carbocycles. The van der Waals surface area contributed by atoms with Gasteiger partial charge in [0.1, 0.15) is 5.82 Å². The summed E-state index contributed by atoms with van der Waals surface area (Å²) in [5.41, 5.74) is 0.715. The normalized spacial score (nSPS) is 23.7. The second kappa shape index (κ2) is 10.1. The quantitative estimate of drug-likeness (QED) is 0.386. The molecule has 1 aromatic heterocycles. The summed E-state index contributed by atoms with van der Waals surface area (Å²) >= 11 is 0. The fraction of sp³-hybridized carbons (Fsp3) is 0.636. The summed E-state index contributed by atoms with van der Waals surface area (Å²) in [5, 5.41) is 28.7. The molecule has 1 atom stereocenters. The van der Waals surface area contributed by atoms with Crippen molar-refractivity contribution in [3.05, 3.63) is 23.4 Å². The molecule has 0 spiro atoms. The van der Waals surface area contributed by atoms with Crippen molar-refractivity contribution in [1.29, 1.82) is 0 Å². The van der Waals surface area contributed by atoms with Crippen molar-refractivity contribution in [2.24, 2.45) is 5.92 Å². The maximum atomic E-state index is 12.5. The van der Waals surface area contributed by atoms with Gasteiger partial charge in [-0.05, 0) is 63.0 Å². The van der Waals surface area contributed by atoms with Gasteiger partial charge in [0.05, 0.1) is 5.60 Å². The maximum Gasteiger partial charge on any atom is 0.329 e. The molecule has 1 fully saturated rings. The molecule has 170 valence electrons. The number of aromatic nitrogens is 1. The first-order chi connectivity index (χ1) is 14.8. The Morgan fingerprint density at radius 3 is 2.71 bits per heavy atom. The second-order valence-electron chi connectivity index (χ2n) is 8.58. The molecule has 0 radical (unpaired) electrons. The zero-order valence-corrected chi connectivity index (χ0v) is 17.9. The van der Waals surface area contributed by atoms with Crippen LogP contribution in [0.4, 0.5) is 5.82 Å². The first kappa shape index (κ1) is 23.0. The molecule has 0 saturated heterocycles. The van der Waals surface area contributed by atoms with Gasteiger partial charge in [0.15, 0.2) is 6.04 Å². The monoisotopic (exact) mass is 432 g/mol. The number of nitrogens with one attached hydrogen (secondary N) is 3. The molecule has 1 saturated carbocycles. The van der Waals surface area contributed by atoms with Gasteiger partial charge in [0.2, 0.25) is 11.8 Å². The molecule has 2 aliphatic rings. The van der Waals surface area contributed by atoms with E-state index in [0.29, 0.717) is 19.4 Å². The predicted octanol–water partition coefficient (Wildman–Crippen LogP) is 0.999. The van der Waals surface area contributed by atoms with Crippen LogP contribution >= 0.6 is 0 Å². The number of rotatable bonds is 8. The largest absolute Gasteiger partial charge is 0.480 e. The number of amides is 2. The number of aliphatic carboxylic acids is 1. The molecule has 1 aliphatic heterocycles. The number of hydrogen-bond acceptors (Lipinski definition) is 6. The van der Waals surface area contributed by atoms with Crippen molar-refractivity contribution in [3.8, 4) is 0 Å². The molecule has 5 N–H and O–H groups in total. The van der Waals surface area contributed by atoms with Crippen molar-refractivity contribution >= 4 is 23.6 Å². The van der Waals surface area contributed by atoms with E-state index in [1.807, 2.05) is 6.07 Å². The van der Waals surface area contributed by atoms with E-state index in [1.54, 1.807) is 0 Å². The average molecular weight is 433 g/mol. The summed E-state index contributed by atoms with van der Waals surface area (Å²) < 4.78 is 0. The van der Waals surface area contributed by atoms with E-state index < -0.39 is 23.5 Å². The molecule has 0 aromatic carbocycles. The number of nitrogens with zero attached hydrogens (tertiary/aromatic N) is 1. The number of fused-ring (bicyclic) bond motifs is 1. The van der Waals surface area contributed by atoms with Crippen molar-refractivity contribution in [3.63, 3.8) is 0 Å². The van der Waals surface area contributed by atoms with E-state index in [1.165, 1.54) is 12.5 Å². The lowest BCUT2D eigenvalue weighted by molar-refractivity contribution is -0.153. The number of anilines is 1. The minimum absolute atomic E-state index is 0.0754. The van der Waals surface area contributed by atoms with Gasteiger partial charge in [-0.1, -0.05) is 6.07 Å². The molecule has 2 heterocycles. The predicted molar refractivity (Wildman–Crippen MR) is 115 cm³/mol. The summed E-state index contributed by atoms with van der Waals surface area (Å²) in [7, 11) is 0. The van der Waals surface area contributed by atoms with Gasteiger partial charge in [0.25, 0.3) is 0 Å². The number of carboxylic acid groups (broad SMARTS) is 1. The van der Waals surface area contributed by atoms with Gasteiger partial charge in [-0.3, -0.25) is 9.59 Å². The lowest BCUT2D eigenvalue weighted by atomic mass is 9.74. The van der Waals surface area contributed by atoms with Crippen LogP contribution in [0.15, 0.2) is 12.1 Å². The Morgan fingerprint density at radius 2 is 2.03 bits per heavy atom. The lowest BCUT2D eigenvalue weighted by Crippen LogP contribution is -2.58. The first-order valence-electron chi connectivity index (χ1n) is 11.0. The number of carboxylic acids is 1. The Kier molecular flexibility index (Phi) is 7.48. The van der Waals surface area contributed by atoms with Crippen LogP contribution in [0.1, 0.15) is 56.7 Å². The topological polar surface area (TPSA) is 141 Å². The highest BCUT2D eigenvalue weighted by Crippen LogP contribution is 2.35. The van der Waals surface area contributed by atoms with E-state index in [-0.39, 0.29) is 24.7 Å². The third-order valence-electron chi connectivity index (χ3n) is 6.21. The Bertz CT molecular complexity index is 820. The van der Waals surface area contributed by atoms with Crippen molar-refractivity contribution in [1.82, 2.24) is 15.6 Å². The maximum absolute atomic E-state index is 12.5. The zero-order chi connectivity index (χ0) is 22.4. The second-order valence-corrected chi connectivity index (χ2v) is 8.58. The van der Waals surface area contributed by atoms with Gasteiger partial charge in [0, 0.05) is 31.6 Å². The molecular formula is C22H32N4O5. The third-order valence-corrected chi connectivity index (χ3v) is 6.21. The Morgan fingerprint density at radius 1 is 1.29 bits per heavy atom. The first-order valence-corrected chi connectivity index (χ1v) is 11.0. The SMILES string of the molecule is CC(=O)NC(C(=O)O)[C@]1(O)CC[C@H](C(=O)NCCCc2ccc3c(n2)NCCC3)CC1. The molecule has 31 heavy (non-hydrogen) atoms. The molecular weight excluding hydrogens is 400 g/mol. The highest BCUT2D eigenvalue weighted by molar-refractivity contribution is 5.83. The number of carbonyl (C=O) groups is 3. The van der Waals surface area contributed by atoms with Crippen LogP contribution in [-0.4, -0.2) is 57.7 Å². The lowest BCUT2D eigenvalue weighted by Gasteiger charge is -2.39. The Balaban J connectivity index is 1.42. The van der Waals surface area contributed by atoms with Crippen molar-refractivity contribution in [2.75, 3.05) is 18.4 Å². The van der Waals surface area contributed by atoms with Crippen molar-refractivity contribution < 1.29 is 24.6 Å². The number of carbonyl (C=O) groups excluding carboxylic acids is 2. The zero-order valence-electron chi connectivity index (χ0n) is 17.9. The van der Waals surface area contributed by atoms with E-state index in [0.717, 1.165) is 43.7 Å². The van der Waals surface area contributed by atoms with Gasteiger partial charge in [-0.15, -0.1) is 0 Å². The fourth-order valence-electron chi connectivity index (χ4n) is 4.43. The molecule has 9 nitrogen and oxygen atoms in total. The van der Waals surface area contributed by atoms with Crippen LogP contribution in [0.25, 0.3) is 0 Å². The summed E-state index contributed by atoms with van der Waals surface area (Å²) in [6, 6.07) is 2.80. The Hall–Kier alpha value is -2.68. The van der Waals surface area contributed by atoms with Crippen LogP contribution in [0, 0.1) is 5.92 Å². The number of aliphatic hydroxyl groups is 1. The van der Waals surface area contributed by atoms with Crippen LogP contribution < -0.4 is 16.0 Å². The van der Waals surface area contributed by atoms with Crippen LogP contribution in [0.3, 0.4) is 0 Å². The molecule has 3 rings (SSSR count). The fourth-order valence-corrected chi connectivity index (χ4v) is 4.43. The smallest absolute Gasteiger partial charge is 0.329 e. The summed E-state index contributed by atoms with van der Waals surface area (Å²) in [6.45, 7) is 2.71. The van der Waals surface area contributed by atoms with E-state index in [9.17, 15) is 24.6 Å². The highest BCUT2D eigenvalue weighted by atomic mass is 16.4. The number of pyridine rings is 1. The van der Waals surface area contributed by atoms with E-state index >= 15 is 0 Å². The summed E-state index contributed by atoms with van der Waals surface area (Å²) in [5.74, 6) is -1.15. The molecule has 9 heteroatoms. The Labute approximate surface area is 182 Å². The van der Waals surface area contributed by atoms with Crippen molar-refractivity contribution in [2.45, 2.75) is 69.9 Å². The summed E-state index contributed by atoms with van der Waals surface area (Å²) in [4.78, 5) is 39.9. The minimum atomic E-state index is -1.54. The third kappa shape index (κ3) is 5.94. The standard InChI is InChI=1S/C22H32N4O5/c1-14(27)25-18(21(29)30)22(31)10-8-16(9-11-22)20(28)24-13-3-5-17-7-6-15-4-2-12-23-19(15)26-17/h6-7,16,18,31H,2-5,8-13H2,1H3,(H,23,26)(H,24,28)(H,25,27)(H,29,30)/t16-,18?,22-. The number of aryl methyl sites for hydroxylation is 2. The van der Waals surface area contributed by atoms with Gasteiger partial charge in [-0.2, -0.15) is 0 Å². The summed E-state index contributed by atoms with van der Waals surface area (Å²) in [6.07, 6.45) is 4.79. The molecule has 0 bridgehead atoms. The average Bonchev–Trinajstić information content (AvgIpc) is 2.75. The molecule has 2 amide bonds. The van der Waals surface area contributed by atoms with Crippen LogP contribution in [0.5, 0.6) is 0 Å². The molecule has 1 unspecified atom stereocenters. The van der Waals surface area contributed by atoms with Gasteiger partial charge in [-0.25, -0.2) is 9.78 Å².